The van der Waals surface area contributed by atoms with Gasteiger partial charge in [-0.3, -0.25) is 0 Å². The highest BCUT2D eigenvalue weighted by atomic mass is 14.5. The van der Waals surface area contributed by atoms with Crippen LogP contribution in [-0.4, -0.2) is 0 Å². The van der Waals surface area contributed by atoms with Crippen LogP contribution in [-0.2, 0) is 0 Å². The van der Waals surface area contributed by atoms with E-state index in [9.17, 15) is 0 Å². The second-order valence-corrected chi connectivity index (χ2v) is 5.05. The molecule has 2 atom stereocenters. The summed E-state index contributed by atoms with van der Waals surface area (Å²) in [5, 5.41) is 0. The molecule has 2 unspecified atom stereocenters. The zero-order valence-corrected chi connectivity index (χ0v) is 8.56. The molecule has 0 N–H and O–H groups in total. The first-order chi connectivity index (χ1) is 5.66. The molecule has 0 aromatic rings. The molecule has 0 aromatic heterocycles. The van der Waals surface area contributed by atoms with Crippen molar-refractivity contribution in [3.8, 4) is 0 Å². The summed E-state index contributed by atoms with van der Waals surface area (Å²) >= 11 is 0. The Kier molecular flexibility index (Phi) is 1.82. The summed E-state index contributed by atoms with van der Waals surface area (Å²) in [6.07, 6.45) is 8.17. The lowest BCUT2D eigenvalue weighted by molar-refractivity contribution is 0.270. The summed E-state index contributed by atoms with van der Waals surface area (Å²) in [6.45, 7) is 7.20. The lowest BCUT2D eigenvalue weighted by Crippen LogP contribution is -2.18. The predicted molar refractivity (Wildman–Crippen MR) is 53.0 cm³/mol. The summed E-state index contributed by atoms with van der Waals surface area (Å²) in [5.41, 5.74) is 2.38. The molecule has 2 aliphatic rings. The Morgan fingerprint density at radius 2 is 2.17 bits per heavy atom. The van der Waals surface area contributed by atoms with E-state index in [0.29, 0.717) is 5.41 Å². The largest absolute Gasteiger partial charge is 0.0814 e. The normalized spacial score (nSPS) is 37.1. The second-order valence-electron chi connectivity index (χ2n) is 5.05. The fraction of sp³-hybridized carbons (Fsp3) is 0.833. The molecule has 0 heterocycles. The molecule has 0 radical (unpaired) electrons. The van der Waals surface area contributed by atoms with E-state index in [1.165, 1.54) is 25.7 Å². The van der Waals surface area contributed by atoms with Crippen molar-refractivity contribution in [2.75, 3.05) is 0 Å². The quantitative estimate of drug-likeness (QED) is 0.545. The van der Waals surface area contributed by atoms with Gasteiger partial charge in [0.25, 0.3) is 0 Å². The number of rotatable bonds is 2. The van der Waals surface area contributed by atoms with Crippen molar-refractivity contribution in [3.05, 3.63) is 11.6 Å². The van der Waals surface area contributed by atoms with Crippen LogP contribution in [0.1, 0.15) is 46.5 Å². The summed E-state index contributed by atoms with van der Waals surface area (Å²) in [5.74, 6) is 1.84. The van der Waals surface area contributed by atoms with Crippen LogP contribution in [0.25, 0.3) is 0 Å². The molecule has 1 saturated carbocycles. The molecule has 0 spiro atoms. The Labute approximate surface area is 76.1 Å². The fourth-order valence-corrected chi connectivity index (χ4v) is 3.23. The molecule has 0 aliphatic heterocycles. The van der Waals surface area contributed by atoms with Crippen LogP contribution < -0.4 is 0 Å². The molecule has 0 amide bonds. The van der Waals surface area contributed by atoms with Crippen LogP contribution in [0.5, 0.6) is 0 Å². The van der Waals surface area contributed by atoms with E-state index in [2.05, 4.69) is 26.8 Å². The molecule has 12 heavy (non-hydrogen) atoms. The highest BCUT2D eigenvalue weighted by molar-refractivity contribution is 5.25. The van der Waals surface area contributed by atoms with E-state index in [4.69, 9.17) is 0 Å². The van der Waals surface area contributed by atoms with Crippen molar-refractivity contribution in [1.82, 2.24) is 0 Å². The molecule has 2 rings (SSSR count). The Morgan fingerprint density at radius 1 is 1.42 bits per heavy atom. The van der Waals surface area contributed by atoms with Crippen LogP contribution >= 0.6 is 0 Å². The average molecular weight is 164 g/mol. The minimum atomic E-state index is 0.602. The SMILES string of the molecule is CCCC1=CC2CCC1C2(C)C. The predicted octanol–water partition coefficient (Wildman–Crippen LogP) is 3.78. The van der Waals surface area contributed by atoms with Gasteiger partial charge in [-0.1, -0.05) is 38.8 Å². The smallest absolute Gasteiger partial charge is 0.0146 e. The maximum absolute atomic E-state index is 2.58. The van der Waals surface area contributed by atoms with E-state index in [1.54, 1.807) is 5.57 Å². The maximum Gasteiger partial charge on any atom is -0.0146 e. The van der Waals surface area contributed by atoms with Gasteiger partial charge in [-0.25, -0.2) is 0 Å². The van der Waals surface area contributed by atoms with E-state index in [0.717, 1.165) is 11.8 Å². The Morgan fingerprint density at radius 3 is 2.58 bits per heavy atom. The third-order valence-electron chi connectivity index (χ3n) is 4.02. The van der Waals surface area contributed by atoms with Gasteiger partial charge in [-0.05, 0) is 36.5 Å². The Balaban J connectivity index is 2.18. The molecule has 2 bridgehead atoms. The average Bonchev–Trinajstić information content (AvgIpc) is 2.41. The van der Waals surface area contributed by atoms with Crippen LogP contribution in [0.4, 0.5) is 0 Å². The minimum absolute atomic E-state index is 0.602. The van der Waals surface area contributed by atoms with E-state index < -0.39 is 0 Å². The van der Waals surface area contributed by atoms with Gasteiger partial charge in [-0.15, -0.1) is 0 Å². The topological polar surface area (TPSA) is 0 Å². The Hall–Kier alpha value is -0.260. The first kappa shape index (κ1) is 8.34. The minimum Gasteiger partial charge on any atom is -0.0814 e. The molecule has 0 saturated heterocycles. The molecule has 0 nitrogen and oxygen atoms in total. The molecule has 68 valence electrons. The highest BCUT2D eigenvalue weighted by Gasteiger charge is 2.47. The van der Waals surface area contributed by atoms with Crippen molar-refractivity contribution >= 4 is 0 Å². The summed E-state index contributed by atoms with van der Waals surface area (Å²) < 4.78 is 0. The van der Waals surface area contributed by atoms with Gasteiger partial charge in [0, 0.05) is 0 Å². The van der Waals surface area contributed by atoms with Gasteiger partial charge in [0.15, 0.2) is 0 Å². The van der Waals surface area contributed by atoms with Gasteiger partial charge in [-0.2, -0.15) is 0 Å². The highest BCUT2D eigenvalue weighted by Crippen LogP contribution is 2.57. The zero-order valence-electron chi connectivity index (χ0n) is 8.56. The fourth-order valence-electron chi connectivity index (χ4n) is 3.23. The lowest BCUT2D eigenvalue weighted by Gasteiger charge is -2.25. The van der Waals surface area contributed by atoms with E-state index >= 15 is 0 Å². The summed E-state index contributed by atoms with van der Waals surface area (Å²) in [4.78, 5) is 0. The van der Waals surface area contributed by atoms with Gasteiger partial charge >= 0.3 is 0 Å². The van der Waals surface area contributed by atoms with Crippen molar-refractivity contribution in [1.29, 1.82) is 0 Å². The third kappa shape index (κ3) is 0.967. The van der Waals surface area contributed by atoms with Crippen LogP contribution in [0.2, 0.25) is 0 Å². The van der Waals surface area contributed by atoms with Crippen molar-refractivity contribution in [3.63, 3.8) is 0 Å². The van der Waals surface area contributed by atoms with Crippen LogP contribution in [0, 0.1) is 17.3 Å². The van der Waals surface area contributed by atoms with Crippen molar-refractivity contribution in [2.24, 2.45) is 17.3 Å². The van der Waals surface area contributed by atoms with Gasteiger partial charge < -0.3 is 0 Å². The molecule has 1 fully saturated rings. The van der Waals surface area contributed by atoms with Gasteiger partial charge in [0.2, 0.25) is 0 Å². The summed E-state index contributed by atoms with van der Waals surface area (Å²) in [6, 6.07) is 0. The summed E-state index contributed by atoms with van der Waals surface area (Å²) in [7, 11) is 0. The Bertz CT molecular complexity index is 210. The number of hydrogen-bond donors (Lipinski definition) is 0. The first-order valence-corrected chi connectivity index (χ1v) is 5.37. The molecule has 0 aromatic carbocycles. The standard InChI is InChI=1S/C12H20/c1-4-5-9-8-10-6-7-11(9)12(10,2)3/h8,10-11H,4-7H2,1-3H3. The van der Waals surface area contributed by atoms with Crippen LogP contribution in [0.3, 0.4) is 0 Å². The maximum atomic E-state index is 2.58. The van der Waals surface area contributed by atoms with Crippen LogP contribution in [0.15, 0.2) is 11.6 Å². The monoisotopic (exact) mass is 164 g/mol. The molecule has 0 heteroatoms. The zero-order chi connectivity index (χ0) is 8.77. The van der Waals surface area contributed by atoms with E-state index in [-0.39, 0.29) is 0 Å². The molecular weight excluding hydrogens is 144 g/mol. The molecule has 2 aliphatic carbocycles. The first-order valence-electron chi connectivity index (χ1n) is 5.37. The third-order valence-corrected chi connectivity index (χ3v) is 4.02. The molecular formula is C12H20. The lowest BCUT2D eigenvalue weighted by atomic mass is 9.79. The van der Waals surface area contributed by atoms with Gasteiger partial charge in [0.05, 0.1) is 0 Å². The number of fused-ring (bicyclic) bond motifs is 2. The van der Waals surface area contributed by atoms with Crippen molar-refractivity contribution in [2.45, 2.75) is 46.5 Å². The second kappa shape index (κ2) is 2.61. The van der Waals surface area contributed by atoms with E-state index in [1.807, 2.05) is 0 Å². The number of allylic oxidation sites excluding steroid dienone is 2. The van der Waals surface area contributed by atoms with Crippen molar-refractivity contribution < 1.29 is 0 Å². The number of hydrogen-bond acceptors (Lipinski definition) is 0. The van der Waals surface area contributed by atoms with Gasteiger partial charge in [0.1, 0.15) is 0 Å².